The number of unbranched alkanes of at least 4 members (excludes halogenated alkanes) is 1. The minimum Gasteiger partial charge on any atom is -0.349 e. The standard InChI is InChI=1S/C20H33N3O3S/c1-4-6-14-22(5-2)27(25,26)23-15-12-19(13-16-23)20(24)21-17(3)18-10-8-7-9-11-18/h7-11,17,19H,4-6,12-16H2,1-3H3,(H,21,24). The number of nitrogens with zero attached hydrogens (tertiary/aromatic N) is 2. The molecule has 7 heteroatoms. The summed E-state index contributed by atoms with van der Waals surface area (Å²) < 4.78 is 28.7. The Balaban J connectivity index is 1.89. The molecule has 2 rings (SSSR count). The lowest BCUT2D eigenvalue weighted by atomic mass is 9.96. The van der Waals surface area contributed by atoms with E-state index in [4.69, 9.17) is 0 Å². The largest absolute Gasteiger partial charge is 0.349 e. The van der Waals surface area contributed by atoms with Crippen molar-refractivity contribution in [3.05, 3.63) is 35.9 Å². The highest BCUT2D eigenvalue weighted by molar-refractivity contribution is 7.86. The van der Waals surface area contributed by atoms with Gasteiger partial charge in [-0.25, -0.2) is 0 Å². The normalized spacial score (nSPS) is 17.8. The van der Waals surface area contributed by atoms with Crippen LogP contribution in [0.1, 0.15) is 58.1 Å². The van der Waals surface area contributed by atoms with Gasteiger partial charge in [0.25, 0.3) is 10.2 Å². The van der Waals surface area contributed by atoms with Gasteiger partial charge in [-0.3, -0.25) is 4.79 Å². The van der Waals surface area contributed by atoms with Gasteiger partial charge in [-0.1, -0.05) is 50.6 Å². The molecule has 0 spiro atoms. The summed E-state index contributed by atoms with van der Waals surface area (Å²) in [6.07, 6.45) is 2.97. The van der Waals surface area contributed by atoms with Gasteiger partial charge in [0.1, 0.15) is 0 Å². The minimum absolute atomic E-state index is 0.0155. The molecular formula is C20H33N3O3S. The van der Waals surface area contributed by atoms with Crippen molar-refractivity contribution < 1.29 is 13.2 Å². The van der Waals surface area contributed by atoms with Crippen LogP contribution in [-0.4, -0.2) is 49.1 Å². The van der Waals surface area contributed by atoms with Crippen molar-refractivity contribution in [2.45, 2.75) is 52.5 Å². The summed E-state index contributed by atoms with van der Waals surface area (Å²) in [5.41, 5.74) is 1.07. The first-order chi connectivity index (χ1) is 12.9. The van der Waals surface area contributed by atoms with Crippen LogP contribution < -0.4 is 5.32 Å². The van der Waals surface area contributed by atoms with Crippen LogP contribution in [0.25, 0.3) is 0 Å². The number of hydrogen-bond donors (Lipinski definition) is 1. The van der Waals surface area contributed by atoms with E-state index in [1.807, 2.05) is 44.2 Å². The Hall–Kier alpha value is -1.44. The van der Waals surface area contributed by atoms with Gasteiger partial charge in [0.15, 0.2) is 0 Å². The van der Waals surface area contributed by atoms with Gasteiger partial charge in [0.05, 0.1) is 6.04 Å². The Labute approximate surface area is 164 Å². The molecule has 0 aromatic heterocycles. The first-order valence-corrected chi connectivity index (χ1v) is 11.4. The number of amides is 1. The van der Waals surface area contributed by atoms with Crippen LogP contribution in [0, 0.1) is 5.92 Å². The Bertz CT molecular complexity index is 686. The molecule has 1 unspecified atom stereocenters. The zero-order chi connectivity index (χ0) is 19.9. The monoisotopic (exact) mass is 395 g/mol. The second-order valence-electron chi connectivity index (χ2n) is 7.17. The number of benzene rings is 1. The fraction of sp³-hybridized carbons (Fsp3) is 0.650. The molecule has 1 amide bonds. The smallest absolute Gasteiger partial charge is 0.281 e. The maximum Gasteiger partial charge on any atom is 0.281 e. The van der Waals surface area contributed by atoms with Crippen molar-refractivity contribution in [2.24, 2.45) is 5.92 Å². The molecule has 1 fully saturated rings. The first-order valence-electron chi connectivity index (χ1n) is 10.0. The third-order valence-corrected chi connectivity index (χ3v) is 7.36. The molecular weight excluding hydrogens is 362 g/mol. The van der Waals surface area contributed by atoms with E-state index in [0.29, 0.717) is 39.0 Å². The van der Waals surface area contributed by atoms with Gasteiger partial charge in [0, 0.05) is 32.1 Å². The highest BCUT2D eigenvalue weighted by Gasteiger charge is 2.34. The predicted octanol–water partition coefficient (Wildman–Crippen LogP) is 2.94. The molecule has 0 bridgehead atoms. The van der Waals surface area contributed by atoms with Crippen LogP contribution in [-0.2, 0) is 15.0 Å². The van der Waals surface area contributed by atoms with Crippen molar-refractivity contribution in [3.63, 3.8) is 0 Å². The maximum atomic E-state index is 12.8. The molecule has 1 aliphatic rings. The van der Waals surface area contributed by atoms with Crippen LogP contribution >= 0.6 is 0 Å². The summed E-state index contributed by atoms with van der Waals surface area (Å²) >= 11 is 0. The van der Waals surface area contributed by atoms with Crippen LogP contribution in [0.4, 0.5) is 0 Å². The van der Waals surface area contributed by atoms with Crippen molar-refractivity contribution in [2.75, 3.05) is 26.2 Å². The number of nitrogens with one attached hydrogen (secondary N) is 1. The molecule has 27 heavy (non-hydrogen) atoms. The number of hydrogen-bond acceptors (Lipinski definition) is 3. The van der Waals surface area contributed by atoms with Gasteiger partial charge in [0.2, 0.25) is 5.91 Å². The number of piperidine rings is 1. The quantitative estimate of drug-likeness (QED) is 0.699. The third kappa shape index (κ3) is 5.77. The predicted molar refractivity (Wildman–Crippen MR) is 108 cm³/mol. The zero-order valence-corrected chi connectivity index (χ0v) is 17.5. The molecule has 1 aliphatic heterocycles. The number of carbonyl (C=O) groups is 1. The van der Waals surface area contributed by atoms with Crippen LogP contribution in [0.5, 0.6) is 0 Å². The van der Waals surface area contributed by atoms with Crippen LogP contribution in [0.15, 0.2) is 30.3 Å². The van der Waals surface area contributed by atoms with E-state index < -0.39 is 10.2 Å². The Morgan fingerprint density at radius 2 is 1.85 bits per heavy atom. The van der Waals surface area contributed by atoms with E-state index in [1.165, 1.54) is 4.31 Å². The average molecular weight is 396 g/mol. The SMILES string of the molecule is CCCCN(CC)S(=O)(=O)N1CCC(C(=O)NC(C)c2ccccc2)CC1. The van der Waals surface area contributed by atoms with E-state index in [-0.39, 0.29) is 17.9 Å². The molecule has 0 radical (unpaired) electrons. The molecule has 152 valence electrons. The number of rotatable bonds is 9. The van der Waals surface area contributed by atoms with Crippen molar-refractivity contribution in [1.82, 2.24) is 13.9 Å². The van der Waals surface area contributed by atoms with Gasteiger partial charge in [-0.2, -0.15) is 17.0 Å². The van der Waals surface area contributed by atoms with Crippen molar-refractivity contribution in [3.8, 4) is 0 Å². The molecule has 1 aromatic carbocycles. The molecule has 1 heterocycles. The summed E-state index contributed by atoms with van der Waals surface area (Å²) in [5, 5.41) is 3.06. The van der Waals surface area contributed by atoms with E-state index in [2.05, 4.69) is 12.2 Å². The summed E-state index contributed by atoms with van der Waals surface area (Å²) in [4.78, 5) is 12.6. The Morgan fingerprint density at radius 3 is 2.41 bits per heavy atom. The fourth-order valence-corrected chi connectivity index (χ4v) is 5.12. The second kappa shape index (κ2) is 10.2. The Kier molecular flexibility index (Phi) is 8.26. The average Bonchev–Trinajstić information content (AvgIpc) is 2.69. The van der Waals surface area contributed by atoms with E-state index in [1.54, 1.807) is 4.31 Å². The Morgan fingerprint density at radius 1 is 1.22 bits per heavy atom. The van der Waals surface area contributed by atoms with Gasteiger partial charge < -0.3 is 5.32 Å². The van der Waals surface area contributed by atoms with Gasteiger partial charge in [-0.05, 0) is 31.7 Å². The summed E-state index contributed by atoms with van der Waals surface area (Å²) in [7, 11) is -3.43. The molecule has 0 aliphatic carbocycles. The molecule has 1 aromatic rings. The van der Waals surface area contributed by atoms with Crippen molar-refractivity contribution >= 4 is 16.1 Å². The second-order valence-corrected chi connectivity index (χ2v) is 9.10. The van der Waals surface area contributed by atoms with Gasteiger partial charge in [-0.15, -0.1) is 0 Å². The van der Waals surface area contributed by atoms with Crippen molar-refractivity contribution in [1.29, 1.82) is 0 Å². The summed E-state index contributed by atoms with van der Waals surface area (Å²) in [6, 6.07) is 9.81. The van der Waals surface area contributed by atoms with Crippen LogP contribution in [0.2, 0.25) is 0 Å². The van der Waals surface area contributed by atoms with Gasteiger partial charge >= 0.3 is 0 Å². The molecule has 0 saturated carbocycles. The molecule has 6 nitrogen and oxygen atoms in total. The fourth-order valence-electron chi connectivity index (χ4n) is 3.44. The highest BCUT2D eigenvalue weighted by atomic mass is 32.2. The maximum absolute atomic E-state index is 12.8. The molecule has 1 N–H and O–H groups in total. The lowest BCUT2D eigenvalue weighted by Gasteiger charge is -2.34. The highest BCUT2D eigenvalue weighted by Crippen LogP contribution is 2.23. The first kappa shape index (κ1) is 21.9. The van der Waals surface area contributed by atoms with E-state index in [9.17, 15) is 13.2 Å². The van der Waals surface area contributed by atoms with E-state index >= 15 is 0 Å². The topological polar surface area (TPSA) is 69.7 Å². The van der Waals surface area contributed by atoms with E-state index in [0.717, 1.165) is 18.4 Å². The molecule has 1 atom stereocenters. The summed E-state index contributed by atoms with van der Waals surface area (Å²) in [6.45, 7) is 7.76. The lowest BCUT2D eigenvalue weighted by molar-refractivity contribution is -0.126. The van der Waals surface area contributed by atoms with Crippen LogP contribution in [0.3, 0.4) is 0 Å². The molecule has 1 saturated heterocycles. The summed E-state index contributed by atoms with van der Waals surface area (Å²) in [5.74, 6) is -0.116. The lowest BCUT2D eigenvalue weighted by Crippen LogP contribution is -2.49. The zero-order valence-electron chi connectivity index (χ0n) is 16.7. The minimum atomic E-state index is -3.43. The number of carbonyl (C=O) groups excluding carboxylic acids is 1. The third-order valence-electron chi connectivity index (χ3n) is 5.25.